The molecule has 2 rings (SSSR count). The quantitative estimate of drug-likeness (QED) is 0.760. The smallest absolute Gasteiger partial charge is 0.105 e. The van der Waals surface area contributed by atoms with Crippen LogP contribution in [-0.2, 0) is 6.42 Å². The lowest BCUT2D eigenvalue weighted by Crippen LogP contribution is -2.02. The zero-order chi connectivity index (χ0) is 13.7. The number of hydrogen-bond acceptors (Lipinski definition) is 1. The molecule has 0 radical (unpaired) electrons. The molecule has 19 heavy (non-hydrogen) atoms. The second-order valence-corrected chi connectivity index (χ2v) is 5.93. The summed E-state index contributed by atoms with van der Waals surface area (Å²) in [7, 11) is 0. The molecule has 0 spiro atoms. The summed E-state index contributed by atoms with van der Waals surface area (Å²) in [4.78, 5) is 0. The van der Waals surface area contributed by atoms with Gasteiger partial charge >= 0.3 is 0 Å². The molecule has 0 bridgehead atoms. The van der Waals surface area contributed by atoms with E-state index in [2.05, 4.69) is 41.6 Å². The van der Waals surface area contributed by atoms with Crippen molar-refractivity contribution in [2.75, 3.05) is 0 Å². The first-order valence-electron chi connectivity index (χ1n) is 6.73. The van der Waals surface area contributed by atoms with Crippen molar-refractivity contribution >= 4 is 22.6 Å². The van der Waals surface area contributed by atoms with Crippen molar-refractivity contribution in [2.24, 2.45) is 0 Å². The van der Waals surface area contributed by atoms with Crippen LogP contribution < -0.4 is 0 Å². The standard InChI is InChI=1S/C17H19IO/c1-2-3-6-13-9-11-14(12-10-13)17(19)15-7-4-5-8-16(15)18/h4-5,7-12,17,19H,2-3,6H2,1H3. The fourth-order valence-electron chi connectivity index (χ4n) is 2.12. The number of halogens is 1. The number of hydrogen-bond donors (Lipinski definition) is 1. The van der Waals surface area contributed by atoms with Gasteiger partial charge in [0.25, 0.3) is 0 Å². The summed E-state index contributed by atoms with van der Waals surface area (Å²) in [5.74, 6) is 0. The first-order valence-corrected chi connectivity index (χ1v) is 7.81. The summed E-state index contributed by atoms with van der Waals surface area (Å²) in [5, 5.41) is 10.4. The molecule has 1 nitrogen and oxygen atoms in total. The van der Waals surface area contributed by atoms with Crippen molar-refractivity contribution in [3.63, 3.8) is 0 Å². The van der Waals surface area contributed by atoms with Gasteiger partial charge in [-0.3, -0.25) is 0 Å². The van der Waals surface area contributed by atoms with Gasteiger partial charge < -0.3 is 5.11 Å². The Kier molecular flexibility index (Phi) is 5.40. The lowest BCUT2D eigenvalue weighted by atomic mass is 9.99. The van der Waals surface area contributed by atoms with Gasteiger partial charge in [-0.15, -0.1) is 0 Å². The van der Waals surface area contributed by atoms with Crippen LogP contribution in [0.25, 0.3) is 0 Å². The molecule has 2 aromatic rings. The summed E-state index contributed by atoms with van der Waals surface area (Å²) >= 11 is 2.27. The van der Waals surface area contributed by atoms with Gasteiger partial charge in [0.2, 0.25) is 0 Å². The number of benzene rings is 2. The van der Waals surface area contributed by atoms with E-state index in [0.717, 1.165) is 21.1 Å². The molecular formula is C17H19IO. The van der Waals surface area contributed by atoms with Gasteiger partial charge in [-0.2, -0.15) is 0 Å². The number of aliphatic hydroxyl groups excluding tert-OH is 1. The molecule has 2 aromatic carbocycles. The number of aryl methyl sites for hydroxylation is 1. The molecule has 1 N–H and O–H groups in total. The first kappa shape index (κ1) is 14.5. The first-order chi connectivity index (χ1) is 9.22. The van der Waals surface area contributed by atoms with E-state index in [1.165, 1.54) is 18.4 Å². The predicted octanol–water partition coefficient (Wildman–Crippen LogP) is 4.72. The lowest BCUT2D eigenvalue weighted by Gasteiger charge is -2.13. The number of rotatable bonds is 5. The highest BCUT2D eigenvalue weighted by Crippen LogP contribution is 2.26. The Morgan fingerprint density at radius 3 is 2.37 bits per heavy atom. The summed E-state index contributed by atoms with van der Waals surface area (Å²) in [6, 6.07) is 16.3. The van der Waals surface area contributed by atoms with E-state index in [9.17, 15) is 5.11 Å². The zero-order valence-corrected chi connectivity index (χ0v) is 13.3. The van der Waals surface area contributed by atoms with Gasteiger partial charge in [0.05, 0.1) is 0 Å². The number of aliphatic hydroxyl groups is 1. The Morgan fingerprint density at radius 1 is 1.05 bits per heavy atom. The Bertz CT molecular complexity index is 519. The molecule has 0 fully saturated rings. The largest absolute Gasteiger partial charge is 0.384 e. The van der Waals surface area contributed by atoms with E-state index >= 15 is 0 Å². The van der Waals surface area contributed by atoms with E-state index in [0.29, 0.717) is 0 Å². The third-order valence-electron chi connectivity index (χ3n) is 3.31. The lowest BCUT2D eigenvalue weighted by molar-refractivity contribution is 0.219. The van der Waals surface area contributed by atoms with Crippen molar-refractivity contribution < 1.29 is 5.11 Å². The van der Waals surface area contributed by atoms with Gasteiger partial charge in [-0.1, -0.05) is 55.8 Å². The summed E-state index contributed by atoms with van der Waals surface area (Å²) in [5.41, 5.74) is 3.29. The van der Waals surface area contributed by atoms with Crippen LogP contribution in [0.15, 0.2) is 48.5 Å². The SMILES string of the molecule is CCCCc1ccc(C(O)c2ccccc2I)cc1. The third kappa shape index (κ3) is 3.80. The second-order valence-electron chi connectivity index (χ2n) is 4.77. The number of unbranched alkanes of at least 4 members (excludes halogenated alkanes) is 1. The fraction of sp³-hybridized carbons (Fsp3) is 0.294. The Balaban J connectivity index is 2.16. The minimum atomic E-state index is -0.534. The summed E-state index contributed by atoms with van der Waals surface area (Å²) in [6.07, 6.45) is 3.02. The molecule has 0 saturated carbocycles. The van der Waals surface area contributed by atoms with Gasteiger partial charge in [0, 0.05) is 3.57 Å². The van der Waals surface area contributed by atoms with Crippen LogP contribution in [0, 0.1) is 3.57 Å². The van der Waals surface area contributed by atoms with Crippen molar-refractivity contribution in [1.29, 1.82) is 0 Å². The molecule has 0 aromatic heterocycles. The van der Waals surface area contributed by atoms with E-state index in [-0.39, 0.29) is 0 Å². The van der Waals surface area contributed by atoms with Gasteiger partial charge in [0.15, 0.2) is 0 Å². The monoisotopic (exact) mass is 366 g/mol. The van der Waals surface area contributed by atoms with Gasteiger partial charge in [-0.05, 0) is 58.2 Å². The zero-order valence-electron chi connectivity index (χ0n) is 11.1. The Labute approximate surface area is 128 Å². The van der Waals surface area contributed by atoms with E-state index in [1.807, 2.05) is 36.4 Å². The molecule has 1 unspecified atom stereocenters. The maximum absolute atomic E-state index is 10.4. The topological polar surface area (TPSA) is 20.2 Å². The minimum absolute atomic E-state index is 0.534. The second kappa shape index (κ2) is 7.06. The predicted molar refractivity (Wildman–Crippen MR) is 88.3 cm³/mol. The molecule has 0 saturated heterocycles. The van der Waals surface area contributed by atoms with Crippen LogP contribution in [0.5, 0.6) is 0 Å². The van der Waals surface area contributed by atoms with Crippen LogP contribution in [0.4, 0.5) is 0 Å². The van der Waals surface area contributed by atoms with Crippen LogP contribution in [-0.4, -0.2) is 5.11 Å². The van der Waals surface area contributed by atoms with Crippen LogP contribution in [0.1, 0.15) is 42.6 Å². The Morgan fingerprint density at radius 2 is 1.74 bits per heavy atom. The summed E-state index contributed by atoms with van der Waals surface area (Å²) in [6.45, 7) is 2.20. The minimum Gasteiger partial charge on any atom is -0.384 e. The van der Waals surface area contributed by atoms with E-state index < -0.39 is 6.10 Å². The molecule has 2 heteroatoms. The molecule has 100 valence electrons. The molecule has 0 heterocycles. The highest BCUT2D eigenvalue weighted by molar-refractivity contribution is 14.1. The molecule has 0 aliphatic heterocycles. The highest BCUT2D eigenvalue weighted by atomic mass is 127. The normalized spacial score (nSPS) is 12.4. The van der Waals surface area contributed by atoms with Crippen LogP contribution in [0.2, 0.25) is 0 Å². The maximum atomic E-state index is 10.4. The fourth-order valence-corrected chi connectivity index (χ4v) is 2.81. The van der Waals surface area contributed by atoms with Crippen molar-refractivity contribution in [1.82, 2.24) is 0 Å². The molecule has 1 atom stereocenters. The third-order valence-corrected chi connectivity index (χ3v) is 4.30. The molecule has 0 aliphatic carbocycles. The highest BCUT2D eigenvalue weighted by Gasteiger charge is 2.12. The molecule has 0 aliphatic rings. The van der Waals surface area contributed by atoms with Crippen LogP contribution >= 0.6 is 22.6 Å². The maximum Gasteiger partial charge on any atom is 0.105 e. The van der Waals surface area contributed by atoms with Crippen molar-refractivity contribution in [3.8, 4) is 0 Å². The van der Waals surface area contributed by atoms with Crippen molar-refractivity contribution in [2.45, 2.75) is 32.3 Å². The van der Waals surface area contributed by atoms with E-state index in [1.54, 1.807) is 0 Å². The van der Waals surface area contributed by atoms with Gasteiger partial charge in [-0.25, -0.2) is 0 Å². The Hall–Kier alpha value is -0.870. The summed E-state index contributed by atoms with van der Waals surface area (Å²) < 4.78 is 1.10. The molecule has 0 amide bonds. The van der Waals surface area contributed by atoms with E-state index in [4.69, 9.17) is 0 Å². The molecular weight excluding hydrogens is 347 g/mol. The van der Waals surface area contributed by atoms with Crippen molar-refractivity contribution in [3.05, 3.63) is 68.8 Å². The average molecular weight is 366 g/mol. The average Bonchev–Trinajstić information content (AvgIpc) is 2.45. The van der Waals surface area contributed by atoms with Crippen LogP contribution in [0.3, 0.4) is 0 Å². The van der Waals surface area contributed by atoms with Gasteiger partial charge in [0.1, 0.15) is 6.10 Å².